The van der Waals surface area contributed by atoms with Crippen molar-refractivity contribution in [1.29, 1.82) is 0 Å². The van der Waals surface area contributed by atoms with Gasteiger partial charge in [0.05, 0.1) is 18.1 Å². The number of rotatable bonds is 6. The van der Waals surface area contributed by atoms with Gasteiger partial charge in [-0.15, -0.1) is 0 Å². The monoisotopic (exact) mass is 501 g/mol. The molecule has 1 N–H and O–H groups in total. The lowest BCUT2D eigenvalue weighted by Gasteiger charge is -2.15. The molecule has 1 aliphatic rings. The molecule has 1 amide bonds. The first-order chi connectivity index (χ1) is 17.0. The number of aromatic amines is 1. The second-order valence-electron chi connectivity index (χ2n) is 7.73. The summed E-state index contributed by atoms with van der Waals surface area (Å²) >= 11 is 0. The van der Waals surface area contributed by atoms with Crippen molar-refractivity contribution in [3.63, 3.8) is 0 Å². The predicted molar refractivity (Wildman–Crippen MR) is 118 cm³/mol. The number of nitrogens with zero attached hydrogens (tertiary/aromatic N) is 1. The molecule has 1 aromatic heterocycles. The summed E-state index contributed by atoms with van der Waals surface area (Å²) in [5.41, 5.74) is -1.45. The smallest absolute Gasteiger partial charge is 0.417 e. The zero-order valence-electron chi connectivity index (χ0n) is 18.2. The Balaban J connectivity index is 1.56. The van der Waals surface area contributed by atoms with E-state index in [9.17, 15) is 37.5 Å². The topological polar surface area (TPSA) is 129 Å². The fraction of sp³-hybridized carbons (Fsp3) is 0.167. The van der Waals surface area contributed by atoms with E-state index < -0.39 is 41.4 Å². The number of aliphatic carboxylic acids is 1. The van der Waals surface area contributed by atoms with Crippen LogP contribution in [0.4, 0.5) is 23.7 Å². The van der Waals surface area contributed by atoms with Crippen molar-refractivity contribution in [3.05, 3.63) is 76.6 Å². The van der Waals surface area contributed by atoms with Gasteiger partial charge in [-0.2, -0.15) is 13.2 Å². The molecular formula is C24H16F3N2O7-. The largest absolute Gasteiger partial charge is 0.545 e. The van der Waals surface area contributed by atoms with E-state index in [1.54, 1.807) is 0 Å². The fourth-order valence-electron chi connectivity index (χ4n) is 3.70. The Bertz CT molecular complexity index is 1450. The minimum absolute atomic E-state index is 0.0108. The van der Waals surface area contributed by atoms with Crippen LogP contribution in [0.1, 0.15) is 5.56 Å². The van der Waals surface area contributed by atoms with Gasteiger partial charge in [0.2, 0.25) is 0 Å². The number of alkyl halides is 3. The molecule has 4 rings (SSSR count). The Morgan fingerprint density at radius 3 is 2.61 bits per heavy atom. The number of benzene rings is 2. The van der Waals surface area contributed by atoms with Crippen LogP contribution in [-0.4, -0.2) is 42.3 Å². The molecule has 3 aromatic rings. The maximum atomic E-state index is 13.4. The van der Waals surface area contributed by atoms with Gasteiger partial charge in [-0.3, -0.25) is 9.69 Å². The number of carboxylic acids is 1. The van der Waals surface area contributed by atoms with Crippen molar-refractivity contribution in [1.82, 2.24) is 4.98 Å². The molecule has 0 saturated carbocycles. The van der Waals surface area contributed by atoms with Crippen LogP contribution in [0.25, 0.3) is 22.0 Å². The maximum absolute atomic E-state index is 13.4. The molecule has 36 heavy (non-hydrogen) atoms. The van der Waals surface area contributed by atoms with E-state index in [0.29, 0.717) is 17.5 Å². The Hall–Kier alpha value is -4.61. The van der Waals surface area contributed by atoms with Crippen LogP contribution in [-0.2, 0) is 25.2 Å². The number of nitrogens with one attached hydrogen (secondary N) is 1. The highest BCUT2D eigenvalue weighted by molar-refractivity contribution is 5.95. The number of H-pyrrole nitrogens is 1. The number of carbonyl (C=O) groups is 3. The van der Waals surface area contributed by atoms with E-state index in [0.717, 1.165) is 6.07 Å². The molecule has 2 heterocycles. The van der Waals surface area contributed by atoms with Crippen molar-refractivity contribution >= 4 is 34.5 Å². The van der Waals surface area contributed by atoms with Gasteiger partial charge in [-0.25, -0.2) is 9.59 Å². The highest BCUT2D eigenvalue weighted by Crippen LogP contribution is 2.36. The van der Waals surface area contributed by atoms with Gasteiger partial charge in [0.25, 0.3) is 5.56 Å². The second-order valence-corrected chi connectivity index (χ2v) is 7.73. The van der Waals surface area contributed by atoms with E-state index in [1.807, 2.05) is 0 Å². The number of aromatic nitrogens is 1. The fourth-order valence-corrected chi connectivity index (χ4v) is 3.70. The normalized spacial score (nSPS) is 15.9. The molecule has 1 atom stereocenters. The number of carboxylic acid groups (broad SMARTS) is 1. The van der Waals surface area contributed by atoms with Crippen LogP contribution in [0.15, 0.2) is 65.5 Å². The molecule has 0 radical (unpaired) electrons. The van der Waals surface area contributed by atoms with Crippen molar-refractivity contribution in [2.24, 2.45) is 0 Å². The van der Waals surface area contributed by atoms with Gasteiger partial charge >= 0.3 is 18.2 Å². The summed E-state index contributed by atoms with van der Waals surface area (Å²) in [7, 11) is 0. The highest BCUT2D eigenvalue weighted by Gasteiger charge is 2.34. The number of amides is 1. The standard InChI is InChI=1S/C24H17F3N2O7/c25-24(26,27)18-4-2-1-3-16(18)19-9-13-5-6-14(10-17(13)22(33)28-19)29-11-15(36-23(29)34)12-35-21(32)8-7-20(30)31/h1-10,15H,11-12H2,(H,28,33)(H,30,31)/p-1/b8-7-/t15-/m0/s1. The molecule has 1 aliphatic heterocycles. The van der Waals surface area contributed by atoms with E-state index >= 15 is 0 Å². The van der Waals surface area contributed by atoms with Gasteiger partial charge in [-0.1, -0.05) is 24.3 Å². The molecule has 9 nitrogen and oxygen atoms in total. The molecule has 0 aliphatic carbocycles. The molecular weight excluding hydrogens is 485 g/mol. The third kappa shape index (κ3) is 5.22. The zero-order valence-corrected chi connectivity index (χ0v) is 18.2. The number of ether oxygens (including phenoxy) is 2. The summed E-state index contributed by atoms with van der Waals surface area (Å²) in [6, 6.07) is 10.7. The van der Waals surface area contributed by atoms with E-state index in [-0.39, 0.29) is 35.5 Å². The number of carbonyl (C=O) groups excluding carboxylic acids is 3. The van der Waals surface area contributed by atoms with Gasteiger partial charge in [0.1, 0.15) is 6.61 Å². The first kappa shape index (κ1) is 24.5. The van der Waals surface area contributed by atoms with E-state index in [4.69, 9.17) is 9.47 Å². The van der Waals surface area contributed by atoms with Crippen LogP contribution in [0.5, 0.6) is 0 Å². The van der Waals surface area contributed by atoms with Crippen molar-refractivity contribution in [2.45, 2.75) is 12.3 Å². The molecule has 0 spiro atoms. The van der Waals surface area contributed by atoms with E-state index in [2.05, 4.69) is 4.98 Å². The lowest BCUT2D eigenvalue weighted by atomic mass is 10.0. The third-order valence-corrected chi connectivity index (χ3v) is 5.30. The van der Waals surface area contributed by atoms with Gasteiger partial charge in [-0.05, 0) is 35.7 Å². The van der Waals surface area contributed by atoms with Crippen molar-refractivity contribution in [2.75, 3.05) is 18.1 Å². The Morgan fingerprint density at radius 1 is 1.14 bits per heavy atom. The van der Waals surface area contributed by atoms with Crippen molar-refractivity contribution < 1.29 is 42.1 Å². The number of pyridine rings is 1. The maximum Gasteiger partial charge on any atom is 0.417 e. The van der Waals surface area contributed by atoms with Crippen LogP contribution >= 0.6 is 0 Å². The summed E-state index contributed by atoms with van der Waals surface area (Å²) in [6.07, 6.45) is -5.09. The number of hydrogen-bond donors (Lipinski definition) is 1. The number of esters is 1. The van der Waals surface area contributed by atoms with Gasteiger partial charge < -0.3 is 24.4 Å². The number of halogens is 3. The second kappa shape index (κ2) is 9.56. The molecule has 1 saturated heterocycles. The predicted octanol–water partition coefficient (Wildman–Crippen LogP) is 2.39. The highest BCUT2D eigenvalue weighted by atomic mass is 19.4. The molecule has 12 heteroatoms. The average molecular weight is 501 g/mol. The Morgan fingerprint density at radius 2 is 1.89 bits per heavy atom. The van der Waals surface area contributed by atoms with Crippen molar-refractivity contribution in [3.8, 4) is 11.3 Å². The summed E-state index contributed by atoms with van der Waals surface area (Å²) < 4.78 is 50.2. The first-order valence-electron chi connectivity index (χ1n) is 10.4. The SMILES string of the molecule is O=C([O-])/C=C\C(=O)OC[C@@H]1CN(c2ccc3cc(-c4ccccc4C(F)(F)F)[nH]c(=O)c3c2)C(=O)O1. The van der Waals surface area contributed by atoms with Crippen LogP contribution in [0.2, 0.25) is 0 Å². The Labute approximate surface area is 200 Å². The lowest BCUT2D eigenvalue weighted by Crippen LogP contribution is -2.26. The summed E-state index contributed by atoms with van der Waals surface area (Å²) in [6.45, 7) is -0.370. The molecule has 0 bridgehead atoms. The summed E-state index contributed by atoms with van der Waals surface area (Å²) in [5.74, 6) is -2.54. The minimum Gasteiger partial charge on any atom is -0.545 e. The molecule has 2 aromatic carbocycles. The number of hydrogen-bond acceptors (Lipinski definition) is 7. The van der Waals surface area contributed by atoms with Gasteiger partial charge in [0, 0.05) is 28.4 Å². The summed E-state index contributed by atoms with van der Waals surface area (Å²) in [5, 5.41) is 10.8. The molecule has 186 valence electrons. The van der Waals surface area contributed by atoms with E-state index in [1.165, 1.54) is 47.4 Å². The number of anilines is 1. The number of cyclic esters (lactones) is 1. The molecule has 0 unspecified atom stereocenters. The first-order valence-corrected chi connectivity index (χ1v) is 10.4. The minimum atomic E-state index is -4.61. The average Bonchev–Trinajstić information content (AvgIpc) is 3.21. The number of fused-ring (bicyclic) bond motifs is 1. The van der Waals surface area contributed by atoms with Gasteiger partial charge in [0.15, 0.2) is 6.10 Å². The Kier molecular flexibility index (Phi) is 6.51. The van der Waals surface area contributed by atoms with Crippen LogP contribution < -0.4 is 15.6 Å². The molecule has 1 fully saturated rings. The third-order valence-electron chi connectivity index (χ3n) is 5.30. The zero-order chi connectivity index (χ0) is 26.0. The van der Waals surface area contributed by atoms with Crippen LogP contribution in [0, 0.1) is 0 Å². The lowest BCUT2D eigenvalue weighted by molar-refractivity contribution is -0.297. The quantitative estimate of drug-likeness (QED) is 0.406. The van der Waals surface area contributed by atoms with Crippen LogP contribution in [0.3, 0.4) is 0 Å². The summed E-state index contributed by atoms with van der Waals surface area (Å²) in [4.78, 5) is 50.5.